The summed E-state index contributed by atoms with van der Waals surface area (Å²) in [6.07, 6.45) is 0. The van der Waals surface area contributed by atoms with Crippen molar-refractivity contribution in [3.8, 4) is 0 Å². The predicted octanol–water partition coefficient (Wildman–Crippen LogP) is 5.62. The number of carbonyl (C=O) groups excluding carboxylic acids is 2. The fourth-order valence-electron chi connectivity index (χ4n) is 3.16. The first-order valence-electron chi connectivity index (χ1n) is 9.48. The minimum absolute atomic E-state index is 0. The van der Waals surface area contributed by atoms with Crippen molar-refractivity contribution in [1.29, 1.82) is 5.41 Å². The molecule has 3 N–H and O–H groups in total. The van der Waals surface area contributed by atoms with E-state index >= 15 is 0 Å². The van der Waals surface area contributed by atoms with E-state index in [-0.39, 0.29) is 25.3 Å². The average molecular weight is 471 g/mol. The van der Waals surface area contributed by atoms with Crippen LogP contribution in [0.25, 0.3) is 0 Å². The second kappa shape index (κ2) is 9.84. The number of anilines is 3. The Morgan fingerprint density at radius 2 is 1.81 bits per heavy atom. The van der Waals surface area contributed by atoms with E-state index in [1.165, 1.54) is 11.3 Å². The van der Waals surface area contributed by atoms with Crippen LogP contribution in [-0.4, -0.2) is 31.0 Å². The Balaban J connectivity index is 0.00000289. The zero-order chi connectivity index (χ0) is 22.0. The molecule has 32 heavy (non-hydrogen) atoms. The summed E-state index contributed by atoms with van der Waals surface area (Å²) in [5.41, 5.74) is 3.10. The van der Waals surface area contributed by atoms with Crippen molar-refractivity contribution in [1.82, 2.24) is 0 Å². The Morgan fingerprint density at radius 1 is 1.06 bits per heavy atom. The lowest BCUT2D eigenvalue weighted by Gasteiger charge is -2.16. The number of thiophene rings is 1. The van der Waals surface area contributed by atoms with Crippen LogP contribution in [0.5, 0.6) is 0 Å². The number of nitrogens with one attached hydrogen (secondary N) is 3. The topological polar surface area (TPSA) is 94.5 Å². The number of ether oxygens (including phenoxy) is 1. The van der Waals surface area contributed by atoms with Crippen LogP contribution in [0, 0.1) is 12.3 Å². The van der Waals surface area contributed by atoms with Gasteiger partial charge < -0.3 is 15.4 Å². The third kappa shape index (κ3) is 5.09. The quantitative estimate of drug-likeness (QED) is 0.451. The molecule has 1 aromatic heterocycles. The number of hydrogen-bond acceptors (Lipinski definition) is 5. The second-order valence-corrected chi connectivity index (χ2v) is 8.63. The normalized spacial score (nSPS) is 12.7. The summed E-state index contributed by atoms with van der Waals surface area (Å²) in [6, 6.07) is 15.8. The van der Waals surface area contributed by atoms with Crippen LogP contribution in [0.3, 0.4) is 0 Å². The van der Waals surface area contributed by atoms with Crippen molar-refractivity contribution in [2.45, 2.75) is 14.4 Å². The first kappa shape index (κ1) is 23.3. The molecule has 1 saturated heterocycles. The van der Waals surface area contributed by atoms with Gasteiger partial charge >= 0.3 is 0 Å². The van der Waals surface area contributed by atoms with Crippen LogP contribution < -0.4 is 15.5 Å². The highest BCUT2D eigenvalue weighted by molar-refractivity contribution is 7.18. The zero-order valence-corrected chi connectivity index (χ0v) is 18.1. The third-order valence-corrected chi connectivity index (χ3v) is 5.93. The molecule has 2 heterocycles. The van der Waals surface area contributed by atoms with Gasteiger partial charge in [-0.2, -0.15) is 0 Å². The minimum Gasteiger partial charge on any atom is -0.463 e. The van der Waals surface area contributed by atoms with Gasteiger partial charge in [-0.3, -0.25) is 19.9 Å². The molecule has 3 aromatic rings. The number of hydrogen-bond donors (Lipinski definition) is 3. The summed E-state index contributed by atoms with van der Waals surface area (Å²) >= 11 is 7.09. The van der Waals surface area contributed by atoms with Gasteiger partial charge in [0.15, 0.2) is 0 Å². The van der Waals surface area contributed by atoms with Crippen LogP contribution in [0.2, 0.25) is 4.34 Å². The average Bonchev–Trinajstić information content (AvgIpc) is 3.37. The van der Waals surface area contributed by atoms with Crippen molar-refractivity contribution >= 4 is 57.8 Å². The molecule has 0 radical (unpaired) electrons. The van der Waals surface area contributed by atoms with Gasteiger partial charge in [0, 0.05) is 11.4 Å². The number of carbonyl (C=O) groups is 2. The SMILES string of the molecule is C.Cc1ccc(C(=O)Nc2ccc(N3CCOC3=N)cc2)c(NC(=O)c2ccc(Cl)s2)c1. The molecule has 0 spiro atoms. The number of rotatable bonds is 5. The molecule has 0 saturated carbocycles. The molecule has 9 heteroatoms. The van der Waals surface area contributed by atoms with Gasteiger partial charge in [0.25, 0.3) is 17.8 Å². The van der Waals surface area contributed by atoms with Crippen molar-refractivity contribution < 1.29 is 14.3 Å². The molecule has 4 rings (SSSR count). The van der Waals surface area contributed by atoms with E-state index in [2.05, 4.69) is 10.6 Å². The van der Waals surface area contributed by atoms with Crippen LogP contribution in [0.4, 0.5) is 17.1 Å². The van der Waals surface area contributed by atoms with E-state index in [9.17, 15) is 9.59 Å². The summed E-state index contributed by atoms with van der Waals surface area (Å²) in [7, 11) is 0. The first-order valence-corrected chi connectivity index (χ1v) is 10.7. The lowest BCUT2D eigenvalue weighted by molar-refractivity contribution is 0.102. The number of aryl methyl sites for hydroxylation is 1. The van der Waals surface area contributed by atoms with Crippen LogP contribution in [0.15, 0.2) is 54.6 Å². The molecule has 7 nitrogen and oxygen atoms in total. The molecule has 166 valence electrons. The van der Waals surface area contributed by atoms with E-state index < -0.39 is 0 Å². The lowest BCUT2D eigenvalue weighted by Crippen LogP contribution is -2.23. The van der Waals surface area contributed by atoms with Gasteiger partial charge in [-0.1, -0.05) is 25.1 Å². The van der Waals surface area contributed by atoms with Gasteiger partial charge in [0.2, 0.25) is 0 Å². The van der Waals surface area contributed by atoms with Crippen LogP contribution >= 0.6 is 22.9 Å². The summed E-state index contributed by atoms with van der Waals surface area (Å²) in [4.78, 5) is 27.7. The number of amidine groups is 1. The van der Waals surface area contributed by atoms with E-state index in [4.69, 9.17) is 21.7 Å². The molecule has 1 aliphatic heterocycles. The molecule has 0 atom stereocenters. The molecule has 0 bridgehead atoms. The molecule has 2 aromatic carbocycles. The maximum Gasteiger partial charge on any atom is 0.289 e. The highest BCUT2D eigenvalue weighted by Gasteiger charge is 2.20. The molecule has 0 unspecified atom stereocenters. The minimum atomic E-state index is -0.343. The Kier molecular flexibility index (Phi) is 7.17. The Labute approximate surface area is 195 Å². The van der Waals surface area contributed by atoms with Crippen molar-refractivity contribution in [3.63, 3.8) is 0 Å². The number of benzene rings is 2. The largest absolute Gasteiger partial charge is 0.463 e. The molecule has 1 aliphatic rings. The maximum atomic E-state index is 12.9. The predicted molar refractivity (Wildman–Crippen MR) is 131 cm³/mol. The number of amides is 2. The van der Waals surface area contributed by atoms with Crippen molar-refractivity contribution in [2.75, 3.05) is 28.7 Å². The summed E-state index contributed by atoms with van der Waals surface area (Å²) in [6.45, 7) is 2.99. The molecular formula is C23H23ClN4O3S. The fraction of sp³-hybridized carbons (Fsp3) is 0.174. The van der Waals surface area contributed by atoms with E-state index in [1.807, 2.05) is 25.1 Å². The lowest BCUT2D eigenvalue weighted by atomic mass is 10.1. The monoisotopic (exact) mass is 470 g/mol. The molecule has 1 fully saturated rings. The van der Waals surface area contributed by atoms with Crippen LogP contribution in [0.1, 0.15) is 33.0 Å². The Hall–Kier alpha value is -3.36. The second-order valence-electron chi connectivity index (χ2n) is 6.91. The Bertz CT molecular complexity index is 1160. The summed E-state index contributed by atoms with van der Waals surface area (Å²) < 4.78 is 5.68. The van der Waals surface area contributed by atoms with Gasteiger partial charge in [-0.15, -0.1) is 11.3 Å². The maximum absolute atomic E-state index is 12.9. The van der Waals surface area contributed by atoms with Gasteiger partial charge in [0.1, 0.15) is 6.61 Å². The Morgan fingerprint density at radius 3 is 2.44 bits per heavy atom. The molecule has 2 amide bonds. The third-order valence-electron chi connectivity index (χ3n) is 4.70. The fourth-order valence-corrected chi connectivity index (χ4v) is 4.10. The summed E-state index contributed by atoms with van der Waals surface area (Å²) in [5, 5.41) is 13.4. The van der Waals surface area contributed by atoms with Crippen molar-refractivity contribution in [2.24, 2.45) is 0 Å². The standard InChI is InChI=1S/C22H19ClN4O3S.CH4/c1-13-2-7-16(17(12-13)26-21(29)18-8-9-19(23)31-18)20(28)25-14-3-5-15(6-4-14)27-10-11-30-22(27)24;/h2-9,12,24H,10-11H2,1H3,(H,25,28)(H,26,29);1H4. The summed E-state index contributed by atoms with van der Waals surface area (Å²) in [5.74, 6) is -0.666. The van der Waals surface area contributed by atoms with Gasteiger partial charge in [-0.05, 0) is 61.0 Å². The molecular weight excluding hydrogens is 448 g/mol. The highest BCUT2D eigenvalue weighted by atomic mass is 35.5. The zero-order valence-electron chi connectivity index (χ0n) is 16.6. The van der Waals surface area contributed by atoms with Gasteiger partial charge in [-0.25, -0.2) is 0 Å². The van der Waals surface area contributed by atoms with E-state index in [0.717, 1.165) is 11.3 Å². The first-order chi connectivity index (χ1) is 14.9. The number of halogens is 1. The molecule has 0 aliphatic carbocycles. The highest BCUT2D eigenvalue weighted by Crippen LogP contribution is 2.25. The van der Waals surface area contributed by atoms with Crippen molar-refractivity contribution in [3.05, 3.63) is 74.9 Å². The van der Waals surface area contributed by atoms with E-state index in [0.29, 0.717) is 39.3 Å². The van der Waals surface area contributed by atoms with Crippen LogP contribution in [-0.2, 0) is 4.74 Å². The number of nitrogens with zero attached hydrogens (tertiary/aromatic N) is 1. The van der Waals surface area contributed by atoms with Gasteiger partial charge in [0.05, 0.1) is 27.0 Å². The smallest absolute Gasteiger partial charge is 0.289 e. The van der Waals surface area contributed by atoms with E-state index in [1.54, 1.807) is 41.3 Å².